The van der Waals surface area contributed by atoms with Gasteiger partial charge >= 0.3 is 0 Å². The van der Waals surface area contributed by atoms with E-state index in [9.17, 15) is 4.79 Å². The number of carbonyl (C=O) groups is 1. The molecular weight excluding hydrogens is 298 g/mol. The van der Waals surface area contributed by atoms with Gasteiger partial charge in [0.15, 0.2) is 0 Å². The van der Waals surface area contributed by atoms with Crippen LogP contribution in [0.5, 0.6) is 5.88 Å². The van der Waals surface area contributed by atoms with E-state index < -0.39 is 0 Å². The number of hydrogen-bond donors (Lipinski definition) is 0. The number of ether oxygens (including phenoxy) is 1. The third-order valence-corrected chi connectivity index (χ3v) is 5.43. The molecule has 0 radical (unpaired) electrons. The molecule has 0 N–H and O–H groups in total. The van der Waals surface area contributed by atoms with Crippen LogP contribution in [0.25, 0.3) is 10.2 Å². The highest BCUT2D eigenvalue weighted by atomic mass is 32.1. The van der Waals surface area contributed by atoms with Crippen molar-refractivity contribution >= 4 is 27.5 Å². The number of thiophene rings is 1. The van der Waals surface area contributed by atoms with E-state index >= 15 is 0 Å². The molecule has 3 rings (SSSR count). The third-order valence-electron chi connectivity index (χ3n) is 4.24. The lowest BCUT2D eigenvalue weighted by Crippen LogP contribution is -2.37. The molecule has 0 atom stereocenters. The molecule has 1 amide bonds. The van der Waals surface area contributed by atoms with Crippen molar-refractivity contribution in [1.82, 2.24) is 14.9 Å². The zero-order valence-corrected chi connectivity index (χ0v) is 14.1. The summed E-state index contributed by atoms with van der Waals surface area (Å²) in [7, 11) is 0. The maximum Gasteiger partial charge on any atom is 0.264 e. The van der Waals surface area contributed by atoms with Gasteiger partial charge in [0.05, 0.1) is 16.9 Å². The summed E-state index contributed by atoms with van der Waals surface area (Å²) in [5.74, 6) is 1.41. The molecule has 118 valence electrons. The first-order chi connectivity index (χ1) is 10.6. The SMILES string of the molecule is CCOc1ncnc2sc(C(=O)N3CCC(C)CC3)c(C)c12. The van der Waals surface area contributed by atoms with E-state index in [2.05, 4.69) is 16.9 Å². The first kappa shape index (κ1) is 15.2. The van der Waals surface area contributed by atoms with E-state index in [1.54, 1.807) is 0 Å². The van der Waals surface area contributed by atoms with Gasteiger partial charge in [-0.2, -0.15) is 0 Å². The Morgan fingerprint density at radius 3 is 2.82 bits per heavy atom. The fourth-order valence-electron chi connectivity index (χ4n) is 2.84. The molecule has 0 unspecified atom stereocenters. The minimum atomic E-state index is 0.120. The molecule has 2 aromatic heterocycles. The zero-order valence-electron chi connectivity index (χ0n) is 13.3. The number of piperidine rings is 1. The van der Waals surface area contributed by atoms with E-state index in [4.69, 9.17) is 4.74 Å². The van der Waals surface area contributed by atoms with Crippen LogP contribution in [-0.2, 0) is 0 Å². The molecule has 0 aromatic carbocycles. The molecule has 5 nitrogen and oxygen atoms in total. The Bertz CT molecular complexity index is 690. The van der Waals surface area contributed by atoms with Crippen LogP contribution in [0.3, 0.4) is 0 Å². The van der Waals surface area contributed by atoms with Crippen LogP contribution in [0, 0.1) is 12.8 Å². The summed E-state index contributed by atoms with van der Waals surface area (Å²) in [5, 5.41) is 0.878. The van der Waals surface area contributed by atoms with Gasteiger partial charge in [0.25, 0.3) is 5.91 Å². The van der Waals surface area contributed by atoms with Crippen LogP contribution in [0.2, 0.25) is 0 Å². The molecule has 1 aliphatic rings. The number of carbonyl (C=O) groups excluding carboxylic acids is 1. The number of likely N-dealkylation sites (tertiary alicyclic amines) is 1. The van der Waals surface area contributed by atoms with E-state index in [0.29, 0.717) is 18.4 Å². The van der Waals surface area contributed by atoms with Gasteiger partial charge in [-0.15, -0.1) is 11.3 Å². The van der Waals surface area contributed by atoms with Crippen molar-refractivity contribution in [3.63, 3.8) is 0 Å². The van der Waals surface area contributed by atoms with Crippen LogP contribution >= 0.6 is 11.3 Å². The van der Waals surface area contributed by atoms with E-state index in [-0.39, 0.29) is 5.91 Å². The fraction of sp³-hybridized carbons (Fsp3) is 0.562. The molecule has 0 bridgehead atoms. The van der Waals surface area contributed by atoms with Crippen LogP contribution in [0.15, 0.2) is 6.33 Å². The smallest absolute Gasteiger partial charge is 0.264 e. The van der Waals surface area contributed by atoms with Crippen molar-refractivity contribution in [3.8, 4) is 5.88 Å². The molecule has 1 saturated heterocycles. The lowest BCUT2D eigenvalue weighted by atomic mass is 9.99. The summed E-state index contributed by atoms with van der Waals surface area (Å²) in [6.45, 7) is 8.38. The predicted octanol–water partition coefficient (Wildman–Crippen LogP) is 3.27. The number of amides is 1. The predicted molar refractivity (Wildman–Crippen MR) is 87.6 cm³/mol. The second kappa shape index (κ2) is 6.20. The first-order valence-electron chi connectivity index (χ1n) is 7.78. The average Bonchev–Trinajstić information content (AvgIpc) is 2.86. The summed E-state index contributed by atoms with van der Waals surface area (Å²) in [6, 6.07) is 0. The van der Waals surface area contributed by atoms with Crippen LogP contribution < -0.4 is 4.74 Å². The van der Waals surface area contributed by atoms with Gasteiger partial charge in [-0.05, 0) is 38.2 Å². The topological polar surface area (TPSA) is 55.3 Å². The average molecular weight is 319 g/mol. The van der Waals surface area contributed by atoms with E-state index in [0.717, 1.165) is 46.6 Å². The van der Waals surface area contributed by atoms with Crippen LogP contribution in [-0.4, -0.2) is 40.5 Å². The monoisotopic (exact) mass is 319 g/mol. The Kier molecular flexibility index (Phi) is 4.29. The standard InChI is InChI=1S/C16H21N3O2S/c1-4-21-14-12-11(3)13(22-15(12)18-9-17-14)16(20)19-7-5-10(2)6-8-19/h9-10H,4-8H2,1-3H3. The number of nitrogens with zero attached hydrogens (tertiary/aromatic N) is 3. The number of rotatable bonds is 3. The van der Waals surface area contributed by atoms with Crippen LogP contribution in [0.4, 0.5) is 0 Å². The second-order valence-electron chi connectivity index (χ2n) is 5.82. The molecule has 0 saturated carbocycles. The lowest BCUT2D eigenvalue weighted by molar-refractivity contribution is 0.0701. The summed E-state index contributed by atoms with van der Waals surface area (Å²) in [6.07, 6.45) is 3.67. The van der Waals surface area contributed by atoms with Gasteiger partial charge in [-0.25, -0.2) is 9.97 Å². The maximum absolute atomic E-state index is 12.8. The molecule has 1 fully saturated rings. The zero-order chi connectivity index (χ0) is 15.7. The van der Waals surface area contributed by atoms with Gasteiger partial charge in [-0.3, -0.25) is 4.79 Å². The van der Waals surface area contributed by atoms with Crippen molar-refractivity contribution in [2.75, 3.05) is 19.7 Å². The highest BCUT2D eigenvalue weighted by Gasteiger charge is 2.26. The van der Waals surface area contributed by atoms with Crippen molar-refractivity contribution in [2.24, 2.45) is 5.92 Å². The summed E-state index contributed by atoms with van der Waals surface area (Å²) >= 11 is 1.44. The lowest BCUT2D eigenvalue weighted by Gasteiger charge is -2.30. The van der Waals surface area contributed by atoms with Gasteiger partial charge < -0.3 is 9.64 Å². The molecule has 1 aliphatic heterocycles. The van der Waals surface area contributed by atoms with Crippen LogP contribution in [0.1, 0.15) is 41.9 Å². The molecule has 22 heavy (non-hydrogen) atoms. The molecule has 0 spiro atoms. The molecule has 6 heteroatoms. The Labute approximate surface area is 134 Å². The summed E-state index contributed by atoms with van der Waals surface area (Å²) < 4.78 is 5.58. The Balaban J connectivity index is 1.95. The minimum absolute atomic E-state index is 0.120. The molecule has 2 aromatic rings. The Morgan fingerprint density at radius 2 is 2.14 bits per heavy atom. The number of aryl methyl sites for hydroxylation is 1. The quantitative estimate of drug-likeness (QED) is 0.871. The van der Waals surface area contributed by atoms with Gasteiger partial charge in [0, 0.05) is 13.1 Å². The van der Waals surface area contributed by atoms with E-state index in [1.165, 1.54) is 17.7 Å². The number of aromatic nitrogens is 2. The van der Waals surface area contributed by atoms with Crippen molar-refractivity contribution < 1.29 is 9.53 Å². The van der Waals surface area contributed by atoms with Gasteiger partial charge in [0.2, 0.25) is 5.88 Å². The number of hydrogen-bond acceptors (Lipinski definition) is 5. The summed E-state index contributed by atoms with van der Waals surface area (Å²) in [4.78, 5) is 24.9. The highest BCUT2D eigenvalue weighted by molar-refractivity contribution is 7.20. The Hall–Kier alpha value is -1.69. The van der Waals surface area contributed by atoms with Gasteiger partial charge in [0.1, 0.15) is 11.2 Å². The third kappa shape index (κ3) is 2.67. The molecule has 0 aliphatic carbocycles. The maximum atomic E-state index is 12.8. The minimum Gasteiger partial charge on any atom is -0.477 e. The van der Waals surface area contributed by atoms with Crippen molar-refractivity contribution in [1.29, 1.82) is 0 Å². The van der Waals surface area contributed by atoms with Gasteiger partial charge in [-0.1, -0.05) is 6.92 Å². The fourth-order valence-corrected chi connectivity index (χ4v) is 3.95. The molecular formula is C16H21N3O2S. The van der Waals surface area contributed by atoms with E-state index in [1.807, 2.05) is 18.7 Å². The number of fused-ring (bicyclic) bond motifs is 1. The second-order valence-corrected chi connectivity index (χ2v) is 6.82. The normalized spacial score (nSPS) is 16.2. The van der Waals surface area contributed by atoms with Crippen molar-refractivity contribution in [3.05, 3.63) is 16.8 Å². The molecule has 3 heterocycles. The first-order valence-corrected chi connectivity index (χ1v) is 8.59. The highest BCUT2D eigenvalue weighted by Crippen LogP contribution is 2.35. The summed E-state index contributed by atoms with van der Waals surface area (Å²) in [5.41, 5.74) is 0.938. The largest absolute Gasteiger partial charge is 0.477 e. The Morgan fingerprint density at radius 1 is 1.41 bits per heavy atom. The van der Waals surface area contributed by atoms with Crippen molar-refractivity contribution in [2.45, 2.75) is 33.6 Å².